The van der Waals surface area contributed by atoms with E-state index in [1.54, 1.807) is 6.07 Å². The van der Waals surface area contributed by atoms with Crippen LogP contribution in [0.2, 0.25) is 5.15 Å². The summed E-state index contributed by atoms with van der Waals surface area (Å²) < 4.78 is 29.0. The van der Waals surface area contributed by atoms with Crippen LogP contribution in [0, 0.1) is 0 Å². The number of halogens is 3. The quantitative estimate of drug-likeness (QED) is 0.746. The molecule has 0 N–H and O–H groups in total. The van der Waals surface area contributed by atoms with E-state index in [0.717, 1.165) is 0 Å². The first kappa shape index (κ1) is 9.97. The van der Waals surface area contributed by atoms with Crippen LogP contribution >= 0.6 is 11.6 Å². The zero-order valence-electron chi connectivity index (χ0n) is 7.19. The Kier molecular flexibility index (Phi) is 2.59. The van der Waals surface area contributed by atoms with E-state index < -0.39 is 12.3 Å². The van der Waals surface area contributed by atoms with Crippen LogP contribution in [0.1, 0.15) is 12.3 Å². The number of nitrogens with zero attached hydrogens (tertiary/aromatic N) is 3. The van der Waals surface area contributed by atoms with Crippen molar-refractivity contribution in [2.75, 3.05) is 0 Å². The topological polar surface area (TPSA) is 51.8 Å². The molecule has 0 saturated carbocycles. The number of hydrogen-bond donors (Lipinski definition) is 0. The predicted octanol–water partition coefficient (Wildman–Crippen LogP) is 2.72. The molecular weight excluding hydrogens is 228 g/mol. The Hall–Kier alpha value is -1.56. The standard InChI is InChI=1S/C8H4ClF2N3O/c9-5-2-1-4(3-12-5)7-13-14-8(15-7)6(10)11/h1-3,6H. The van der Waals surface area contributed by atoms with Gasteiger partial charge in [-0.3, -0.25) is 0 Å². The number of pyridine rings is 1. The van der Waals surface area contributed by atoms with Gasteiger partial charge in [-0.15, -0.1) is 10.2 Å². The maximum Gasteiger partial charge on any atom is 0.314 e. The molecule has 0 fully saturated rings. The Balaban J connectivity index is 2.33. The smallest absolute Gasteiger partial charge is 0.314 e. The first-order valence-corrected chi connectivity index (χ1v) is 4.28. The van der Waals surface area contributed by atoms with Crippen LogP contribution in [0.5, 0.6) is 0 Å². The molecule has 0 atom stereocenters. The molecule has 7 heteroatoms. The van der Waals surface area contributed by atoms with Crippen molar-refractivity contribution >= 4 is 11.6 Å². The van der Waals surface area contributed by atoms with Crippen LogP contribution in [-0.4, -0.2) is 15.2 Å². The van der Waals surface area contributed by atoms with E-state index in [1.165, 1.54) is 12.3 Å². The first-order chi connectivity index (χ1) is 7.16. The Morgan fingerprint density at radius 2 is 2.07 bits per heavy atom. The van der Waals surface area contributed by atoms with Crippen molar-refractivity contribution in [3.05, 3.63) is 29.4 Å². The lowest BCUT2D eigenvalue weighted by atomic mass is 10.3. The fraction of sp³-hybridized carbons (Fsp3) is 0.125. The van der Waals surface area contributed by atoms with E-state index in [0.29, 0.717) is 10.7 Å². The first-order valence-electron chi connectivity index (χ1n) is 3.90. The number of aromatic nitrogens is 3. The van der Waals surface area contributed by atoms with E-state index in [-0.39, 0.29) is 5.89 Å². The molecule has 0 unspecified atom stereocenters. The van der Waals surface area contributed by atoms with Crippen LogP contribution in [0.15, 0.2) is 22.7 Å². The highest BCUT2D eigenvalue weighted by Gasteiger charge is 2.16. The zero-order valence-corrected chi connectivity index (χ0v) is 7.95. The summed E-state index contributed by atoms with van der Waals surface area (Å²) in [6.07, 6.45) is -1.41. The van der Waals surface area contributed by atoms with Crippen molar-refractivity contribution in [2.45, 2.75) is 6.43 Å². The lowest BCUT2D eigenvalue weighted by Crippen LogP contribution is -1.81. The van der Waals surface area contributed by atoms with Crippen LogP contribution in [0.25, 0.3) is 11.5 Å². The number of rotatable bonds is 2. The largest absolute Gasteiger partial charge is 0.415 e. The molecular formula is C8H4ClF2N3O. The Labute approximate surface area is 87.9 Å². The third kappa shape index (κ3) is 2.10. The molecule has 2 rings (SSSR count). The van der Waals surface area contributed by atoms with Crippen molar-refractivity contribution in [1.29, 1.82) is 0 Å². The lowest BCUT2D eigenvalue weighted by Gasteiger charge is -1.93. The summed E-state index contributed by atoms with van der Waals surface area (Å²) in [6, 6.07) is 3.06. The normalized spacial score (nSPS) is 10.9. The predicted molar refractivity (Wildman–Crippen MR) is 47.5 cm³/mol. The highest BCUT2D eigenvalue weighted by atomic mass is 35.5. The zero-order chi connectivity index (χ0) is 10.8. The molecule has 4 nitrogen and oxygen atoms in total. The van der Waals surface area contributed by atoms with E-state index in [1.807, 2.05) is 0 Å². The van der Waals surface area contributed by atoms with Gasteiger partial charge in [0, 0.05) is 6.20 Å². The van der Waals surface area contributed by atoms with E-state index >= 15 is 0 Å². The SMILES string of the molecule is FC(F)c1nnc(-c2ccc(Cl)nc2)o1. The molecule has 15 heavy (non-hydrogen) atoms. The summed E-state index contributed by atoms with van der Waals surface area (Å²) >= 11 is 5.56. The van der Waals surface area contributed by atoms with Gasteiger partial charge in [0.2, 0.25) is 5.89 Å². The lowest BCUT2D eigenvalue weighted by molar-refractivity contribution is 0.116. The molecule has 0 aromatic carbocycles. The van der Waals surface area contributed by atoms with Crippen LogP contribution < -0.4 is 0 Å². The summed E-state index contributed by atoms with van der Waals surface area (Å²) in [6.45, 7) is 0. The summed E-state index contributed by atoms with van der Waals surface area (Å²) in [5.41, 5.74) is 0.443. The fourth-order valence-corrected chi connectivity index (χ4v) is 1.05. The average Bonchev–Trinajstić information content (AvgIpc) is 2.68. The average molecular weight is 232 g/mol. The second-order valence-corrected chi connectivity index (χ2v) is 3.00. The highest BCUT2D eigenvalue weighted by Crippen LogP contribution is 2.22. The molecule has 0 aliphatic carbocycles. The molecule has 2 heterocycles. The maximum atomic E-state index is 12.1. The molecule has 0 saturated heterocycles. The second kappa shape index (κ2) is 3.90. The van der Waals surface area contributed by atoms with E-state index in [9.17, 15) is 8.78 Å². The molecule has 0 spiro atoms. The van der Waals surface area contributed by atoms with Gasteiger partial charge in [0.15, 0.2) is 0 Å². The fourth-order valence-electron chi connectivity index (χ4n) is 0.942. The van der Waals surface area contributed by atoms with Gasteiger partial charge in [-0.1, -0.05) is 11.6 Å². The number of hydrogen-bond acceptors (Lipinski definition) is 4. The van der Waals surface area contributed by atoms with Gasteiger partial charge in [0.05, 0.1) is 5.56 Å². The van der Waals surface area contributed by atoms with Gasteiger partial charge in [-0.05, 0) is 12.1 Å². The Morgan fingerprint density at radius 1 is 1.27 bits per heavy atom. The molecule has 2 aromatic rings. The van der Waals surface area contributed by atoms with E-state index in [2.05, 4.69) is 15.2 Å². The van der Waals surface area contributed by atoms with Crippen LogP contribution in [0.3, 0.4) is 0 Å². The van der Waals surface area contributed by atoms with Gasteiger partial charge < -0.3 is 4.42 Å². The van der Waals surface area contributed by atoms with Crippen LogP contribution in [0.4, 0.5) is 8.78 Å². The molecule has 2 aromatic heterocycles. The monoisotopic (exact) mass is 231 g/mol. The minimum absolute atomic E-state index is 0.00512. The van der Waals surface area contributed by atoms with Gasteiger partial charge in [-0.25, -0.2) is 4.98 Å². The minimum Gasteiger partial charge on any atom is -0.415 e. The summed E-state index contributed by atoms with van der Waals surface area (Å²) in [5, 5.41) is 6.94. The van der Waals surface area contributed by atoms with Crippen molar-refractivity contribution in [2.24, 2.45) is 0 Å². The Bertz CT molecular complexity index is 457. The number of alkyl halides is 2. The second-order valence-electron chi connectivity index (χ2n) is 2.62. The van der Waals surface area contributed by atoms with Crippen molar-refractivity contribution in [1.82, 2.24) is 15.2 Å². The third-order valence-corrected chi connectivity index (χ3v) is 1.83. The molecule has 0 radical (unpaired) electrons. The van der Waals surface area contributed by atoms with Crippen molar-refractivity contribution < 1.29 is 13.2 Å². The maximum absolute atomic E-state index is 12.1. The molecule has 0 aliphatic rings. The molecule has 0 bridgehead atoms. The van der Waals surface area contributed by atoms with Gasteiger partial charge in [0.1, 0.15) is 5.15 Å². The molecule has 78 valence electrons. The summed E-state index contributed by atoms with van der Waals surface area (Å²) in [5.74, 6) is -0.714. The van der Waals surface area contributed by atoms with Gasteiger partial charge >= 0.3 is 6.43 Å². The summed E-state index contributed by atoms with van der Waals surface area (Å²) in [4.78, 5) is 3.76. The van der Waals surface area contributed by atoms with E-state index in [4.69, 9.17) is 16.0 Å². The van der Waals surface area contributed by atoms with Gasteiger partial charge in [0.25, 0.3) is 5.89 Å². The van der Waals surface area contributed by atoms with Crippen LogP contribution in [-0.2, 0) is 0 Å². The van der Waals surface area contributed by atoms with Crippen molar-refractivity contribution in [3.8, 4) is 11.5 Å². The molecule has 0 amide bonds. The highest BCUT2D eigenvalue weighted by molar-refractivity contribution is 6.29. The Morgan fingerprint density at radius 3 is 2.60 bits per heavy atom. The van der Waals surface area contributed by atoms with Crippen molar-refractivity contribution in [3.63, 3.8) is 0 Å². The minimum atomic E-state index is -2.77. The third-order valence-electron chi connectivity index (χ3n) is 1.60. The summed E-state index contributed by atoms with van der Waals surface area (Å²) in [7, 11) is 0. The van der Waals surface area contributed by atoms with Gasteiger partial charge in [-0.2, -0.15) is 8.78 Å². The molecule has 0 aliphatic heterocycles.